The summed E-state index contributed by atoms with van der Waals surface area (Å²) in [6.07, 6.45) is 0. The van der Waals surface area contributed by atoms with Crippen LogP contribution in [-0.4, -0.2) is 29.3 Å². The zero-order chi connectivity index (χ0) is 14.4. The van der Waals surface area contributed by atoms with E-state index in [9.17, 15) is 4.79 Å². The zero-order valence-electron chi connectivity index (χ0n) is 10.5. The van der Waals surface area contributed by atoms with Gasteiger partial charge >= 0.3 is 5.97 Å². The summed E-state index contributed by atoms with van der Waals surface area (Å²) >= 11 is 5.93. The van der Waals surface area contributed by atoms with Gasteiger partial charge in [0.05, 0.1) is 5.02 Å². The normalized spacial score (nSPS) is 10.1. The van der Waals surface area contributed by atoms with E-state index in [1.165, 1.54) is 6.07 Å². The minimum atomic E-state index is -1.09. The number of nitrogens with zero attached hydrogens (tertiary/aromatic N) is 1. The molecule has 5 nitrogen and oxygen atoms in total. The molecular formula is C14H12ClNO4. The smallest absolute Gasteiger partial charge is 0.354 e. The number of hydrogen-bond donors (Lipinski definition) is 1. The molecule has 1 aromatic carbocycles. The maximum absolute atomic E-state index is 10.7. The maximum atomic E-state index is 10.7. The Morgan fingerprint density at radius 3 is 2.60 bits per heavy atom. The molecule has 0 aliphatic carbocycles. The number of carbonyl (C=O) groups is 1. The topological polar surface area (TPSA) is 68.7 Å². The van der Waals surface area contributed by atoms with Gasteiger partial charge in [0.25, 0.3) is 0 Å². The van der Waals surface area contributed by atoms with E-state index in [2.05, 4.69) is 4.98 Å². The first-order valence-electron chi connectivity index (χ1n) is 5.87. The average molecular weight is 294 g/mol. The molecule has 0 atom stereocenters. The number of para-hydroxylation sites is 1. The lowest BCUT2D eigenvalue weighted by Gasteiger charge is -2.09. The monoisotopic (exact) mass is 293 g/mol. The summed E-state index contributed by atoms with van der Waals surface area (Å²) in [5, 5.41) is 9.33. The lowest BCUT2D eigenvalue weighted by molar-refractivity contribution is 0.0689. The quantitative estimate of drug-likeness (QED) is 0.829. The van der Waals surface area contributed by atoms with Crippen LogP contribution in [0.2, 0.25) is 5.02 Å². The zero-order valence-corrected chi connectivity index (χ0v) is 11.2. The third-order valence-electron chi connectivity index (χ3n) is 2.37. The lowest BCUT2D eigenvalue weighted by atomic mass is 10.3. The fourth-order valence-electron chi connectivity index (χ4n) is 1.47. The van der Waals surface area contributed by atoms with E-state index in [-0.39, 0.29) is 24.8 Å². The minimum Gasteiger partial charge on any atom is -0.488 e. The van der Waals surface area contributed by atoms with Crippen molar-refractivity contribution in [2.75, 3.05) is 13.2 Å². The summed E-state index contributed by atoms with van der Waals surface area (Å²) in [6, 6.07) is 11.7. The number of aromatic nitrogens is 1. The molecule has 0 spiro atoms. The molecule has 0 saturated carbocycles. The van der Waals surface area contributed by atoms with Gasteiger partial charge in [-0.05, 0) is 18.2 Å². The fourth-order valence-corrected chi connectivity index (χ4v) is 1.66. The summed E-state index contributed by atoms with van der Waals surface area (Å²) in [6.45, 7) is 0.518. The molecule has 0 saturated heterocycles. The second-order valence-corrected chi connectivity index (χ2v) is 4.20. The van der Waals surface area contributed by atoms with E-state index in [0.717, 1.165) is 0 Å². The van der Waals surface area contributed by atoms with Crippen LogP contribution >= 0.6 is 11.6 Å². The van der Waals surface area contributed by atoms with E-state index in [1.807, 2.05) is 12.1 Å². The van der Waals surface area contributed by atoms with E-state index in [4.69, 9.17) is 26.2 Å². The predicted octanol–water partition coefficient (Wildman–Crippen LogP) is 2.89. The van der Waals surface area contributed by atoms with Crippen molar-refractivity contribution in [3.8, 4) is 11.6 Å². The molecule has 0 aliphatic heterocycles. The molecule has 1 N–H and O–H groups in total. The number of aromatic carboxylic acids is 1. The number of halogens is 1. The number of hydrogen-bond acceptors (Lipinski definition) is 4. The SMILES string of the molecule is O=C(O)c1cccc(OCCOc2ccccc2Cl)n1. The highest BCUT2D eigenvalue weighted by Crippen LogP contribution is 2.22. The second-order valence-electron chi connectivity index (χ2n) is 3.79. The lowest BCUT2D eigenvalue weighted by Crippen LogP contribution is -2.11. The number of benzene rings is 1. The molecule has 0 aliphatic rings. The van der Waals surface area contributed by atoms with Gasteiger partial charge in [0.1, 0.15) is 19.0 Å². The van der Waals surface area contributed by atoms with Crippen LogP contribution < -0.4 is 9.47 Å². The molecule has 1 aromatic heterocycles. The molecule has 2 aromatic rings. The first kappa shape index (κ1) is 14.1. The molecule has 1 heterocycles. The molecule has 0 fully saturated rings. The van der Waals surface area contributed by atoms with E-state index < -0.39 is 5.97 Å². The van der Waals surface area contributed by atoms with Crippen molar-refractivity contribution in [1.82, 2.24) is 4.98 Å². The van der Waals surface area contributed by atoms with Crippen LogP contribution in [0.3, 0.4) is 0 Å². The molecule has 0 unspecified atom stereocenters. The Labute approximate surface area is 120 Å². The Bertz CT molecular complexity index is 603. The number of pyridine rings is 1. The van der Waals surface area contributed by atoms with E-state index in [0.29, 0.717) is 10.8 Å². The van der Waals surface area contributed by atoms with Crippen molar-refractivity contribution < 1.29 is 19.4 Å². The van der Waals surface area contributed by atoms with Crippen molar-refractivity contribution in [3.63, 3.8) is 0 Å². The number of carboxylic acids is 1. The summed E-state index contributed by atoms with van der Waals surface area (Å²) in [7, 11) is 0. The molecule has 0 amide bonds. The van der Waals surface area contributed by atoms with Gasteiger partial charge in [-0.15, -0.1) is 0 Å². The molecule has 6 heteroatoms. The van der Waals surface area contributed by atoms with Crippen molar-refractivity contribution in [3.05, 3.63) is 53.2 Å². The third-order valence-corrected chi connectivity index (χ3v) is 2.68. The van der Waals surface area contributed by atoms with Gasteiger partial charge in [0.15, 0.2) is 5.69 Å². The van der Waals surface area contributed by atoms with Crippen LogP contribution in [0.1, 0.15) is 10.5 Å². The molecule has 0 radical (unpaired) electrons. The highest BCUT2D eigenvalue weighted by atomic mass is 35.5. The van der Waals surface area contributed by atoms with Crippen LogP contribution in [0.4, 0.5) is 0 Å². The minimum absolute atomic E-state index is 0.0606. The Balaban J connectivity index is 1.83. The third kappa shape index (κ3) is 3.86. The summed E-state index contributed by atoms with van der Waals surface area (Å²) in [4.78, 5) is 14.6. The first-order valence-corrected chi connectivity index (χ1v) is 6.25. The standard InChI is InChI=1S/C14H12ClNO4/c15-10-4-1-2-6-12(10)19-8-9-20-13-7-3-5-11(16-13)14(17)18/h1-7H,8-9H2,(H,17,18). The van der Waals surface area contributed by atoms with Crippen LogP contribution in [0, 0.1) is 0 Å². The summed E-state index contributed by atoms with van der Waals surface area (Å²) in [5.74, 6) is -0.277. The number of rotatable bonds is 6. The molecule has 20 heavy (non-hydrogen) atoms. The van der Waals surface area contributed by atoms with Crippen molar-refractivity contribution in [2.24, 2.45) is 0 Å². The molecule has 104 valence electrons. The predicted molar refractivity (Wildman–Crippen MR) is 73.6 cm³/mol. The highest BCUT2D eigenvalue weighted by molar-refractivity contribution is 6.32. The Morgan fingerprint density at radius 1 is 1.10 bits per heavy atom. The van der Waals surface area contributed by atoms with Gasteiger partial charge in [-0.3, -0.25) is 0 Å². The van der Waals surface area contributed by atoms with Crippen molar-refractivity contribution in [1.29, 1.82) is 0 Å². The number of carboxylic acid groups (broad SMARTS) is 1. The number of ether oxygens (including phenoxy) is 2. The Morgan fingerprint density at radius 2 is 1.85 bits per heavy atom. The van der Waals surface area contributed by atoms with Gasteiger partial charge in [-0.2, -0.15) is 0 Å². The van der Waals surface area contributed by atoms with Gasteiger partial charge in [0, 0.05) is 6.07 Å². The largest absolute Gasteiger partial charge is 0.488 e. The summed E-state index contributed by atoms with van der Waals surface area (Å²) < 4.78 is 10.8. The van der Waals surface area contributed by atoms with Gasteiger partial charge < -0.3 is 14.6 Å². The second kappa shape index (κ2) is 6.77. The molecular weight excluding hydrogens is 282 g/mol. The first-order chi connectivity index (χ1) is 9.66. The van der Waals surface area contributed by atoms with Gasteiger partial charge in [-0.1, -0.05) is 29.8 Å². The van der Waals surface area contributed by atoms with Gasteiger partial charge in [-0.25, -0.2) is 9.78 Å². The van der Waals surface area contributed by atoms with Crippen LogP contribution in [0.25, 0.3) is 0 Å². The highest BCUT2D eigenvalue weighted by Gasteiger charge is 2.05. The van der Waals surface area contributed by atoms with Crippen LogP contribution in [0.15, 0.2) is 42.5 Å². The maximum Gasteiger partial charge on any atom is 0.354 e. The average Bonchev–Trinajstić information content (AvgIpc) is 2.45. The summed E-state index contributed by atoms with van der Waals surface area (Å²) in [5.41, 5.74) is -0.0606. The fraction of sp³-hybridized carbons (Fsp3) is 0.143. The van der Waals surface area contributed by atoms with Gasteiger partial charge in [0.2, 0.25) is 5.88 Å². The van der Waals surface area contributed by atoms with Crippen molar-refractivity contribution in [2.45, 2.75) is 0 Å². The van der Waals surface area contributed by atoms with Crippen molar-refractivity contribution >= 4 is 17.6 Å². The van der Waals surface area contributed by atoms with Crippen LogP contribution in [0.5, 0.6) is 11.6 Å². The molecule has 0 bridgehead atoms. The molecule has 2 rings (SSSR count). The van der Waals surface area contributed by atoms with E-state index >= 15 is 0 Å². The van der Waals surface area contributed by atoms with Crippen LogP contribution in [-0.2, 0) is 0 Å². The Kier molecular flexibility index (Phi) is 4.79. The Hall–Kier alpha value is -2.27. The van der Waals surface area contributed by atoms with E-state index in [1.54, 1.807) is 24.3 Å².